The molecule has 0 saturated carbocycles. The van der Waals surface area contributed by atoms with E-state index in [9.17, 15) is 0 Å². The lowest BCUT2D eigenvalue weighted by molar-refractivity contribution is 0.455. The minimum atomic E-state index is -0.489. The molecule has 0 bridgehead atoms. The highest BCUT2D eigenvalue weighted by molar-refractivity contribution is 7.99. The molecule has 0 radical (unpaired) electrons. The second kappa shape index (κ2) is 5.99. The lowest BCUT2D eigenvalue weighted by atomic mass is 9.98. The maximum Gasteiger partial charge on any atom is 0.187 e. The molecule has 17 heavy (non-hydrogen) atoms. The van der Waals surface area contributed by atoms with Crippen LogP contribution in [0.1, 0.15) is 25.8 Å². The summed E-state index contributed by atoms with van der Waals surface area (Å²) in [6.07, 6.45) is 4.37. The summed E-state index contributed by atoms with van der Waals surface area (Å²) in [7, 11) is 1.81. The van der Waals surface area contributed by atoms with Crippen LogP contribution in [-0.4, -0.2) is 27.8 Å². The molecule has 0 amide bonds. The fourth-order valence-electron chi connectivity index (χ4n) is 1.44. The molecule has 92 valence electrons. The lowest BCUT2D eigenvalue weighted by Crippen LogP contribution is -2.40. The van der Waals surface area contributed by atoms with Crippen molar-refractivity contribution < 1.29 is 0 Å². The zero-order chi connectivity index (χ0) is 12.9. The van der Waals surface area contributed by atoms with Gasteiger partial charge in [0.05, 0.1) is 6.07 Å². The number of rotatable bonds is 5. The van der Waals surface area contributed by atoms with Crippen molar-refractivity contribution in [3.8, 4) is 6.07 Å². The van der Waals surface area contributed by atoms with E-state index in [0.29, 0.717) is 0 Å². The average Bonchev–Trinajstić information content (AvgIpc) is 2.32. The van der Waals surface area contributed by atoms with Gasteiger partial charge in [-0.2, -0.15) is 5.26 Å². The van der Waals surface area contributed by atoms with E-state index in [0.717, 1.165) is 17.1 Å². The number of nitrogens with zero attached hydrogens (tertiary/aromatic N) is 3. The van der Waals surface area contributed by atoms with Gasteiger partial charge in [0, 0.05) is 17.6 Å². The van der Waals surface area contributed by atoms with Crippen molar-refractivity contribution >= 4 is 11.8 Å². The summed E-state index contributed by atoms with van der Waals surface area (Å²) in [5, 5.41) is 13.2. The van der Waals surface area contributed by atoms with Crippen LogP contribution in [0, 0.1) is 18.3 Å². The van der Waals surface area contributed by atoms with E-state index in [1.165, 1.54) is 0 Å². The first-order valence-electron chi connectivity index (χ1n) is 5.54. The van der Waals surface area contributed by atoms with Crippen LogP contribution >= 0.6 is 11.8 Å². The zero-order valence-corrected chi connectivity index (χ0v) is 11.5. The number of hydrogen-bond donors (Lipinski definition) is 1. The molecule has 0 aliphatic heterocycles. The van der Waals surface area contributed by atoms with Crippen molar-refractivity contribution in [3.63, 3.8) is 0 Å². The summed E-state index contributed by atoms with van der Waals surface area (Å²) in [5.74, 6) is 0. The SMILES string of the molecule is CNC(C)(C#N)CC(C)Sc1ncc(C)cn1. The van der Waals surface area contributed by atoms with Crippen LogP contribution in [0.5, 0.6) is 0 Å². The molecule has 0 saturated heterocycles. The molecular formula is C12H18N4S. The topological polar surface area (TPSA) is 61.6 Å². The van der Waals surface area contributed by atoms with Crippen LogP contribution in [0.2, 0.25) is 0 Å². The number of thioether (sulfide) groups is 1. The van der Waals surface area contributed by atoms with Crippen LogP contribution in [0.25, 0.3) is 0 Å². The van der Waals surface area contributed by atoms with Gasteiger partial charge in [-0.05, 0) is 32.9 Å². The third-order valence-corrected chi connectivity index (χ3v) is 3.55. The number of nitriles is 1. The first kappa shape index (κ1) is 13.9. The summed E-state index contributed by atoms with van der Waals surface area (Å²) in [6, 6.07) is 2.29. The number of aryl methyl sites for hydroxylation is 1. The molecule has 0 aliphatic rings. The smallest absolute Gasteiger partial charge is 0.187 e. The summed E-state index contributed by atoms with van der Waals surface area (Å²) in [5.41, 5.74) is 0.566. The maximum atomic E-state index is 9.08. The minimum Gasteiger partial charge on any atom is -0.303 e. The average molecular weight is 250 g/mol. The quantitative estimate of drug-likeness (QED) is 0.641. The van der Waals surface area contributed by atoms with E-state index in [1.807, 2.05) is 33.3 Å². The summed E-state index contributed by atoms with van der Waals surface area (Å²) in [4.78, 5) is 8.50. The maximum absolute atomic E-state index is 9.08. The molecule has 1 N–H and O–H groups in total. The molecule has 0 spiro atoms. The van der Waals surface area contributed by atoms with Crippen molar-refractivity contribution in [1.29, 1.82) is 5.26 Å². The Hall–Kier alpha value is -1.12. The number of hydrogen-bond acceptors (Lipinski definition) is 5. The monoisotopic (exact) mass is 250 g/mol. The predicted molar refractivity (Wildman–Crippen MR) is 69.8 cm³/mol. The van der Waals surface area contributed by atoms with E-state index < -0.39 is 5.54 Å². The second-order valence-corrected chi connectivity index (χ2v) is 5.78. The van der Waals surface area contributed by atoms with Gasteiger partial charge in [-0.25, -0.2) is 9.97 Å². The Labute approximate surface area is 107 Å². The normalized spacial score (nSPS) is 15.9. The molecule has 0 aromatic carbocycles. The Bertz CT molecular complexity index is 398. The van der Waals surface area contributed by atoms with E-state index in [1.54, 1.807) is 11.8 Å². The molecule has 1 aromatic rings. The molecule has 1 aromatic heterocycles. The van der Waals surface area contributed by atoms with Crippen molar-refractivity contribution in [2.75, 3.05) is 7.05 Å². The van der Waals surface area contributed by atoms with Gasteiger partial charge >= 0.3 is 0 Å². The van der Waals surface area contributed by atoms with Crippen LogP contribution < -0.4 is 5.32 Å². The lowest BCUT2D eigenvalue weighted by Gasteiger charge is -2.23. The van der Waals surface area contributed by atoms with Crippen molar-refractivity contribution in [2.24, 2.45) is 0 Å². The first-order chi connectivity index (χ1) is 7.99. The second-order valence-electron chi connectivity index (χ2n) is 4.37. The third kappa shape index (κ3) is 4.33. The van der Waals surface area contributed by atoms with Gasteiger partial charge in [0.15, 0.2) is 5.16 Å². The highest BCUT2D eigenvalue weighted by Gasteiger charge is 2.24. The highest BCUT2D eigenvalue weighted by Crippen LogP contribution is 2.25. The van der Waals surface area contributed by atoms with Gasteiger partial charge in [-0.15, -0.1) is 0 Å². The van der Waals surface area contributed by atoms with Gasteiger partial charge in [0.25, 0.3) is 0 Å². The number of nitrogens with one attached hydrogen (secondary N) is 1. The molecular weight excluding hydrogens is 232 g/mol. The molecule has 5 heteroatoms. The minimum absolute atomic E-state index is 0.287. The Morgan fingerprint density at radius 2 is 2.12 bits per heavy atom. The number of aromatic nitrogens is 2. The van der Waals surface area contributed by atoms with Gasteiger partial charge in [0.1, 0.15) is 5.54 Å². The Balaban J connectivity index is 2.58. The fraction of sp³-hybridized carbons (Fsp3) is 0.583. The zero-order valence-electron chi connectivity index (χ0n) is 10.7. The molecule has 0 aliphatic carbocycles. The highest BCUT2D eigenvalue weighted by atomic mass is 32.2. The van der Waals surface area contributed by atoms with E-state index >= 15 is 0 Å². The summed E-state index contributed by atoms with van der Waals surface area (Å²) in [6.45, 7) is 5.95. The predicted octanol–water partition coefficient (Wildman–Crippen LogP) is 2.16. The standard InChI is InChI=1S/C12H18N4S/c1-9-6-15-11(16-7-9)17-10(2)5-12(3,8-13)14-4/h6-7,10,14H,5H2,1-4H3. The molecule has 2 atom stereocenters. The van der Waals surface area contributed by atoms with Gasteiger partial charge < -0.3 is 5.32 Å². The van der Waals surface area contributed by atoms with Gasteiger partial charge in [0.2, 0.25) is 0 Å². The van der Waals surface area contributed by atoms with Gasteiger partial charge in [-0.3, -0.25) is 0 Å². The summed E-state index contributed by atoms with van der Waals surface area (Å²) < 4.78 is 0. The molecule has 4 nitrogen and oxygen atoms in total. The van der Waals surface area contributed by atoms with Crippen LogP contribution in [0.15, 0.2) is 17.6 Å². The molecule has 2 unspecified atom stereocenters. The van der Waals surface area contributed by atoms with Crippen molar-refractivity contribution in [2.45, 2.75) is 43.1 Å². The largest absolute Gasteiger partial charge is 0.303 e. The molecule has 1 rings (SSSR count). The van der Waals surface area contributed by atoms with Crippen LogP contribution in [-0.2, 0) is 0 Å². The Morgan fingerprint density at radius 3 is 2.59 bits per heavy atom. The third-order valence-electron chi connectivity index (χ3n) is 2.56. The summed E-state index contributed by atoms with van der Waals surface area (Å²) >= 11 is 1.60. The van der Waals surface area contributed by atoms with E-state index in [-0.39, 0.29) is 5.25 Å². The Kier molecular flexibility index (Phi) is 4.91. The van der Waals surface area contributed by atoms with Crippen molar-refractivity contribution in [3.05, 3.63) is 18.0 Å². The first-order valence-corrected chi connectivity index (χ1v) is 6.42. The van der Waals surface area contributed by atoms with E-state index in [4.69, 9.17) is 5.26 Å². The Morgan fingerprint density at radius 1 is 1.53 bits per heavy atom. The fourth-order valence-corrected chi connectivity index (χ4v) is 2.45. The van der Waals surface area contributed by atoms with Crippen LogP contribution in [0.4, 0.5) is 0 Å². The molecule has 0 fully saturated rings. The van der Waals surface area contributed by atoms with Crippen molar-refractivity contribution in [1.82, 2.24) is 15.3 Å². The van der Waals surface area contributed by atoms with Gasteiger partial charge in [-0.1, -0.05) is 18.7 Å². The molecule has 1 heterocycles. The van der Waals surface area contributed by atoms with Crippen LogP contribution in [0.3, 0.4) is 0 Å². The van der Waals surface area contributed by atoms with E-state index in [2.05, 4.69) is 28.3 Å².